The summed E-state index contributed by atoms with van der Waals surface area (Å²) in [6.07, 6.45) is 0.339. The van der Waals surface area contributed by atoms with Gasteiger partial charge in [-0.15, -0.1) is 11.8 Å². The first-order valence-corrected chi connectivity index (χ1v) is 10.6. The van der Waals surface area contributed by atoms with Gasteiger partial charge in [0, 0.05) is 17.2 Å². The Morgan fingerprint density at radius 1 is 1.10 bits per heavy atom. The van der Waals surface area contributed by atoms with Crippen molar-refractivity contribution < 1.29 is 14.7 Å². The molecule has 2 atom stereocenters. The molecule has 0 fully saturated rings. The number of phenols is 1. The molecule has 2 aromatic carbocycles. The number of rotatable bonds is 9. The van der Waals surface area contributed by atoms with Crippen LogP contribution in [0.15, 0.2) is 47.4 Å². The van der Waals surface area contributed by atoms with Gasteiger partial charge in [-0.3, -0.25) is 9.59 Å². The number of nitrogens with two attached hydrogens (primary N) is 1. The van der Waals surface area contributed by atoms with Crippen LogP contribution in [0.5, 0.6) is 5.75 Å². The average Bonchev–Trinajstić information content (AvgIpc) is 2.68. The standard InChI is InChI=1S/C22H29N3O3S/c1-14-11-17(26)12-15(2)19(14)13-20(23)22(28)25-16(3)21(27)24-9-10-29-18-7-5-4-6-8-18/h4-8,11-12,16,20,26H,9-10,13,23H2,1-3H3,(H,24,27)(H,25,28)/t16-,20+/m1/s1. The molecule has 2 aromatic rings. The lowest BCUT2D eigenvalue weighted by molar-refractivity contribution is -0.129. The Kier molecular flexibility index (Phi) is 8.54. The summed E-state index contributed by atoms with van der Waals surface area (Å²) in [7, 11) is 0. The summed E-state index contributed by atoms with van der Waals surface area (Å²) in [4.78, 5) is 25.8. The van der Waals surface area contributed by atoms with Gasteiger partial charge in [0.05, 0.1) is 6.04 Å². The Labute approximate surface area is 176 Å². The number of carbonyl (C=O) groups is 2. The minimum atomic E-state index is -0.777. The van der Waals surface area contributed by atoms with Crippen molar-refractivity contribution in [2.75, 3.05) is 12.3 Å². The van der Waals surface area contributed by atoms with Gasteiger partial charge in [0.1, 0.15) is 11.8 Å². The number of thioether (sulfide) groups is 1. The smallest absolute Gasteiger partial charge is 0.242 e. The first-order chi connectivity index (χ1) is 13.8. The molecule has 0 radical (unpaired) electrons. The van der Waals surface area contributed by atoms with Gasteiger partial charge in [0.25, 0.3) is 0 Å². The van der Waals surface area contributed by atoms with Gasteiger partial charge in [-0.25, -0.2) is 0 Å². The van der Waals surface area contributed by atoms with Crippen LogP contribution in [-0.2, 0) is 16.0 Å². The van der Waals surface area contributed by atoms with Crippen molar-refractivity contribution in [2.45, 2.75) is 44.2 Å². The second-order valence-corrected chi connectivity index (χ2v) is 8.22. The number of nitrogens with one attached hydrogen (secondary N) is 2. The van der Waals surface area contributed by atoms with E-state index in [1.807, 2.05) is 44.2 Å². The summed E-state index contributed by atoms with van der Waals surface area (Å²) in [6, 6.07) is 11.8. The zero-order chi connectivity index (χ0) is 21.4. The second-order valence-electron chi connectivity index (χ2n) is 7.05. The zero-order valence-corrected chi connectivity index (χ0v) is 17.9. The highest BCUT2D eigenvalue weighted by molar-refractivity contribution is 7.99. The molecular weight excluding hydrogens is 386 g/mol. The Morgan fingerprint density at radius 2 is 1.72 bits per heavy atom. The van der Waals surface area contributed by atoms with Crippen LogP contribution in [0.3, 0.4) is 0 Å². The van der Waals surface area contributed by atoms with Crippen LogP contribution in [0.4, 0.5) is 0 Å². The fraction of sp³-hybridized carbons (Fsp3) is 0.364. The number of carbonyl (C=O) groups excluding carboxylic acids is 2. The van der Waals surface area contributed by atoms with Crippen LogP contribution >= 0.6 is 11.8 Å². The molecule has 0 aliphatic heterocycles. The second kappa shape index (κ2) is 10.9. The quantitative estimate of drug-likeness (QED) is 0.372. The van der Waals surface area contributed by atoms with E-state index in [4.69, 9.17) is 5.73 Å². The van der Waals surface area contributed by atoms with Crippen LogP contribution in [0.25, 0.3) is 0 Å². The highest BCUT2D eigenvalue weighted by Crippen LogP contribution is 2.21. The van der Waals surface area contributed by atoms with Crippen molar-refractivity contribution in [3.8, 4) is 5.75 Å². The van der Waals surface area contributed by atoms with Crippen LogP contribution < -0.4 is 16.4 Å². The Hall–Kier alpha value is -2.51. The molecule has 0 saturated heterocycles. The summed E-state index contributed by atoms with van der Waals surface area (Å²) in [5.74, 6) is 0.321. The van der Waals surface area contributed by atoms with Gasteiger partial charge in [-0.1, -0.05) is 18.2 Å². The molecule has 0 aromatic heterocycles. The predicted octanol–water partition coefficient (Wildman–Crippen LogP) is 2.29. The third-order valence-corrected chi connectivity index (χ3v) is 5.62. The molecule has 2 amide bonds. The minimum Gasteiger partial charge on any atom is -0.508 e. The van der Waals surface area contributed by atoms with Gasteiger partial charge < -0.3 is 21.5 Å². The topological polar surface area (TPSA) is 104 Å². The minimum absolute atomic E-state index is 0.192. The van der Waals surface area contributed by atoms with E-state index in [-0.39, 0.29) is 17.6 Å². The van der Waals surface area contributed by atoms with Crippen LogP contribution in [0.1, 0.15) is 23.6 Å². The number of hydrogen-bond donors (Lipinski definition) is 4. The normalized spacial score (nSPS) is 12.8. The van der Waals surface area contributed by atoms with Gasteiger partial charge in [0.15, 0.2) is 0 Å². The van der Waals surface area contributed by atoms with E-state index >= 15 is 0 Å². The molecule has 7 heteroatoms. The molecule has 5 N–H and O–H groups in total. The van der Waals surface area contributed by atoms with E-state index in [2.05, 4.69) is 10.6 Å². The summed E-state index contributed by atoms with van der Waals surface area (Å²) in [5.41, 5.74) is 8.74. The van der Waals surface area contributed by atoms with Crippen LogP contribution in [0.2, 0.25) is 0 Å². The third-order valence-electron chi connectivity index (χ3n) is 4.61. The summed E-state index contributed by atoms with van der Waals surface area (Å²) < 4.78 is 0. The number of hydrogen-bond acceptors (Lipinski definition) is 5. The molecule has 2 rings (SSSR count). The molecule has 29 heavy (non-hydrogen) atoms. The SMILES string of the molecule is Cc1cc(O)cc(C)c1C[C@H](N)C(=O)N[C@H](C)C(=O)NCCSc1ccccc1. The lowest BCUT2D eigenvalue weighted by Crippen LogP contribution is -2.51. The molecule has 0 aliphatic carbocycles. The number of aryl methyl sites for hydroxylation is 2. The largest absolute Gasteiger partial charge is 0.508 e. The van der Waals surface area contributed by atoms with Gasteiger partial charge in [-0.05, 0) is 68.1 Å². The monoisotopic (exact) mass is 415 g/mol. The molecule has 0 spiro atoms. The number of amides is 2. The van der Waals surface area contributed by atoms with Crippen molar-refractivity contribution >= 4 is 23.6 Å². The number of phenolic OH excluding ortho intramolecular Hbond substituents is 1. The van der Waals surface area contributed by atoms with E-state index in [0.29, 0.717) is 13.0 Å². The molecule has 0 heterocycles. The molecule has 0 aliphatic rings. The van der Waals surface area contributed by atoms with Gasteiger partial charge in [0.2, 0.25) is 11.8 Å². The first kappa shape index (κ1) is 22.8. The van der Waals surface area contributed by atoms with E-state index in [9.17, 15) is 14.7 Å². The third kappa shape index (κ3) is 7.11. The van der Waals surface area contributed by atoms with Gasteiger partial charge in [-0.2, -0.15) is 0 Å². The number of aromatic hydroxyl groups is 1. The predicted molar refractivity (Wildman–Crippen MR) is 117 cm³/mol. The Balaban J connectivity index is 1.77. The van der Waals surface area contributed by atoms with E-state index in [1.54, 1.807) is 30.8 Å². The fourth-order valence-electron chi connectivity index (χ4n) is 3.00. The average molecular weight is 416 g/mol. The highest BCUT2D eigenvalue weighted by atomic mass is 32.2. The van der Waals surface area contributed by atoms with E-state index < -0.39 is 12.1 Å². The van der Waals surface area contributed by atoms with Crippen molar-refractivity contribution in [1.29, 1.82) is 0 Å². The summed E-state index contributed by atoms with van der Waals surface area (Å²) in [5, 5.41) is 15.1. The lowest BCUT2D eigenvalue weighted by atomic mass is 9.96. The Morgan fingerprint density at radius 3 is 2.34 bits per heavy atom. The van der Waals surface area contributed by atoms with Crippen LogP contribution in [-0.4, -0.2) is 41.3 Å². The van der Waals surface area contributed by atoms with Gasteiger partial charge >= 0.3 is 0 Å². The fourth-order valence-corrected chi connectivity index (χ4v) is 3.79. The molecule has 6 nitrogen and oxygen atoms in total. The maximum Gasteiger partial charge on any atom is 0.242 e. The molecule has 156 valence electrons. The maximum absolute atomic E-state index is 12.4. The molecule has 0 bridgehead atoms. The van der Waals surface area contributed by atoms with E-state index in [1.165, 1.54) is 0 Å². The molecule has 0 saturated carbocycles. The summed E-state index contributed by atoms with van der Waals surface area (Å²) in [6.45, 7) is 5.89. The first-order valence-electron chi connectivity index (χ1n) is 9.58. The molecule has 0 unspecified atom stereocenters. The van der Waals surface area contributed by atoms with Crippen molar-refractivity contribution in [2.24, 2.45) is 5.73 Å². The van der Waals surface area contributed by atoms with Crippen molar-refractivity contribution in [1.82, 2.24) is 10.6 Å². The van der Waals surface area contributed by atoms with Crippen molar-refractivity contribution in [3.63, 3.8) is 0 Å². The zero-order valence-electron chi connectivity index (χ0n) is 17.1. The van der Waals surface area contributed by atoms with Crippen molar-refractivity contribution in [3.05, 3.63) is 59.2 Å². The van der Waals surface area contributed by atoms with E-state index in [0.717, 1.165) is 27.3 Å². The van der Waals surface area contributed by atoms with Crippen LogP contribution in [0, 0.1) is 13.8 Å². The number of benzene rings is 2. The molecular formula is C22H29N3O3S. The Bertz CT molecular complexity index is 819. The maximum atomic E-state index is 12.4. The lowest BCUT2D eigenvalue weighted by Gasteiger charge is -2.19. The summed E-state index contributed by atoms with van der Waals surface area (Å²) >= 11 is 1.66. The highest BCUT2D eigenvalue weighted by Gasteiger charge is 2.21.